The van der Waals surface area contributed by atoms with Gasteiger partial charge in [0.05, 0.1) is 22.8 Å². The summed E-state index contributed by atoms with van der Waals surface area (Å²) in [7, 11) is 1.79. The molecule has 0 radical (unpaired) electrons. The first kappa shape index (κ1) is 18.7. The number of rotatable bonds is 5. The van der Waals surface area contributed by atoms with Crippen molar-refractivity contribution in [3.8, 4) is 0 Å². The highest BCUT2D eigenvalue weighted by Gasteiger charge is 2.35. The highest BCUT2D eigenvalue weighted by Crippen LogP contribution is 2.16. The van der Waals surface area contributed by atoms with Crippen LogP contribution >= 0.6 is 11.3 Å². The van der Waals surface area contributed by atoms with Crippen molar-refractivity contribution in [3.63, 3.8) is 0 Å². The van der Waals surface area contributed by atoms with E-state index in [1.165, 1.54) is 0 Å². The molecule has 0 atom stereocenters. The number of aryl methyl sites for hydroxylation is 1. The maximum atomic E-state index is 11.6. The van der Waals surface area contributed by atoms with Crippen LogP contribution in [0.5, 0.6) is 0 Å². The molecule has 0 aromatic carbocycles. The van der Waals surface area contributed by atoms with Crippen LogP contribution in [-0.2, 0) is 17.8 Å². The van der Waals surface area contributed by atoms with Gasteiger partial charge in [-0.2, -0.15) is 0 Å². The van der Waals surface area contributed by atoms with E-state index in [9.17, 15) is 4.79 Å². The highest BCUT2D eigenvalue weighted by molar-refractivity contribution is 7.09. The molecule has 1 aliphatic heterocycles. The van der Waals surface area contributed by atoms with Crippen LogP contribution in [0.4, 0.5) is 0 Å². The van der Waals surface area contributed by atoms with Gasteiger partial charge in [0.25, 0.3) is 0 Å². The van der Waals surface area contributed by atoms with Crippen LogP contribution in [0.1, 0.15) is 31.5 Å². The SMILES string of the molecule is CCc1nc(CNC(=NC)N2CCN(C(C)(C)C(N)=O)CC2)cs1. The molecule has 3 N–H and O–H groups in total. The number of piperazine rings is 1. The van der Waals surface area contributed by atoms with Crippen LogP contribution in [0, 0.1) is 0 Å². The second kappa shape index (κ2) is 7.94. The molecule has 1 aromatic rings. The number of thiazole rings is 1. The number of aliphatic imine (C=N–C) groups is 1. The largest absolute Gasteiger partial charge is 0.368 e. The molecule has 24 heavy (non-hydrogen) atoms. The Labute approximate surface area is 147 Å². The molecule has 0 aliphatic carbocycles. The van der Waals surface area contributed by atoms with Crippen molar-refractivity contribution < 1.29 is 4.79 Å². The van der Waals surface area contributed by atoms with E-state index in [0.717, 1.165) is 49.3 Å². The predicted molar refractivity (Wildman–Crippen MR) is 98.1 cm³/mol. The molecule has 1 fully saturated rings. The molecule has 0 saturated carbocycles. The number of hydrogen-bond donors (Lipinski definition) is 2. The summed E-state index contributed by atoms with van der Waals surface area (Å²) in [5, 5.41) is 6.63. The number of nitrogens with two attached hydrogens (primary N) is 1. The number of nitrogens with one attached hydrogen (secondary N) is 1. The quantitative estimate of drug-likeness (QED) is 0.601. The van der Waals surface area contributed by atoms with E-state index in [2.05, 4.69) is 37.4 Å². The van der Waals surface area contributed by atoms with E-state index in [1.54, 1.807) is 18.4 Å². The number of primary amides is 1. The van der Waals surface area contributed by atoms with Crippen LogP contribution in [0.3, 0.4) is 0 Å². The van der Waals surface area contributed by atoms with Crippen molar-refractivity contribution in [2.24, 2.45) is 10.7 Å². The number of hydrogen-bond acceptors (Lipinski definition) is 5. The van der Waals surface area contributed by atoms with E-state index >= 15 is 0 Å². The first-order valence-corrected chi connectivity index (χ1v) is 9.20. The van der Waals surface area contributed by atoms with Crippen molar-refractivity contribution in [1.82, 2.24) is 20.1 Å². The molecule has 1 amide bonds. The van der Waals surface area contributed by atoms with Crippen LogP contribution in [-0.4, -0.2) is 65.4 Å². The van der Waals surface area contributed by atoms with Crippen molar-refractivity contribution in [2.45, 2.75) is 39.3 Å². The topological polar surface area (TPSA) is 86.8 Å². The van der Waals surface area contributed by atoms with Crippen molar-refractivity contribution in [3.05, 3.63) is 16.1 Å². The Morgan fingerprint density at radius 3 is 2.58 bits per heavy atom. The number of guanidine groups is 1. The molecule has 134 valence electrons. The van der Waals surface area contributed by atoms with Crippen molar-refractivity contribution in [2.75, 3.05) is 33.2 Å². The summed E-state index contributed by atoms with van der Waals surface area (Å²) in [5.74, 6) is 0.589. The van der Waals surface area contributed by atoms with Gasteiger partial charge in [-0.25, -0.2) is 4.98 Å². The summed E-state index contributed by atoms with van der Waals surface area (Å²) in [6.45, 7) is 9.75. The van der Waals surface area contributed by atoms with Gasteiger partial charge in [0.15, 0.2) is 5.96 Å². The molecule has 2 rings (SSSR count). The number of carbonyl (C=O) groups excluding carboxylic acids is 1. The number of carbonyl (C=O) groups is 1. The Morgan fingerprint density at radius 2 is 2.08 bits per heavy atom. The molecule has 8 heteroatoms. The van der Waals surface area contributed by atoms with Gasteiger partial charge in [-0.15, -0.1) is 11.3 Å². The van der Waals surface area contributed by atoms with Crippen molar-refractivity contribution in [1.29, 1.82) is 0 Å². The molecular formula is C16H28N6OS. The van der Waals surface area contributed by atoms with E-state index in [0.29, 0.717) is 6.54 Å². The molecule has 2 heterocycles. The monoisotopic (exact) mass is 352 g/mol. The van der Waals surface area contributed by atoms with Gasteiger partial charge in [0.2, 0.25) is 5.91 Å². The molecule has 0 spiro atoms. The molecule has 1 aliphatic rings. The Morgan fingerprint density at radius 1 is 1.42 bits per heavy atom. The van der Waals surface area contributed by atoms with Gasteiger partial charge in [-0.1, -0.05) is 6.92 Å². The molecule has 1 saturated heterocycles. The number of aromatic nitrogens is 1. The fourth-order valence-electron chi connectivity index (χ4n) is 2.73. The average molecular weight is 353 g/mol. The van der Waals surface area contributed by atoms with Crippen LogP contribution in [0.2, 0.25) is 0 Å². The Kier molecular flexibility index (Phi) is 6.17. The summed E-state index contributed by atoms with van der Waals surface area (Å²) in [6, 6.07) is 0. The van der Waals surface area contributed by atoms with E-state index in [1.807, 2.05) is 13.8 Å². The van der Waals surface area contributed by atoms with Gasteiger partial charge >= 0.3 is 0 Å². The summed E-state index contributed by atoms with van der Waals surface area (Å²) < 4.78 is 0. The summed E-state index contributed by atoms with van der Waals surface area (Å²) in [4.78, 5) is 24.9. The maximum absolute atomic E-state index is 11.6. The minimum Gasteiger partial charge on any atom is -0.368 e. The van der Waals surface area contributed by atoms with Gasteiger partial charge in [-0.05, 0) is 20.3 Å². The van der Waals surface area contributed by atoms with Crippen LogP contribution in [0.25, 0.3) is 0 Å². The Bertz CT molecular complexity index is 589. The minimum atomic E-state index is -0.611. The molecule has 7 nitrogen and oxygen atoms in total. The zero-order valence-corrected chi connectivity index (χ0v) is 15.8. The Balaban J connectivity index is 1.88. The lowest BCUT2D eigenvalue weighted by Crippen LogP contribution is -2.61. The first-order chi connectivity index (χ1) is 11.4. The van der Waals surface area contributed by atoms with E-state index in [4.69, 9.17) is 5.73 Å². The third kappa shape index (κ3) is 4.24. The molecular weight excluding hydrogens is 324 g/mol. The summed E-state index contributed by atoms with van der Waals surface area (Å²) >= 11 is 1.70. The van der Waals surface area contributed by atoms with Gasteiger partial charge in [0, 0.05) is 38.6 Å². The highest BCUT2D eigenvalue weighted by atomic mass is 32.1. The van der Waals surface area contributed by atoms with Gasteiger partial charge < -0.3 is 16.0 Å². The number of amides is 1. The van der Waals surface area contributed by atoms with Crippen molar-refractivity contribution >= 4 is 23.2 Å². The minimum absolute atomic E-state index is 0.284. The first-order valence-electron chi connectivity index (χ1n) is 8.32. The zero-order chi connectivity index (χ0) is 17.7. The predicted octanol–water partition coefficient (Wildman–Crippen LogP) is 0.662. The number of nitrogens with zero attached hydrogens (tertiary/aromatic N) is 4. The van der Waals surface area contributed by atoms with Gasteiger partial charge in [-0.3, -0.25) is 14.7 Å². The van der Waals surface area contributed by atoms with E-state index < -0.39 is 5.54 Å². The van der Waals surface area contributed by atoms with E-state index in [-0.39, 0.29) is 5.91 Å². The third-order valence-corrected chi connectivity index (χ3v) is 5.56. The molecule has 0 bridgehead atoms. The fraction of sp³-hybridized carbons (Fsp3) is 0.688. The normalized spacial score (nSPS) is 17.2. The molecule has 1 aromatic heterocycles. The van der Waals surface area contributed by atoms with Crippen LogP contribution < -0.4 is 11.1 Å². The zero-order valence-electron chi connectivity index (χ0n) is 15.0. The average Bonchev–Trinajstić information content (AvgIpc) is 3.04. The third-order valence-electron chi connectivity index (χ3n) is 4.51. The van der Waals surface area contributed by atoms with Gasteiger partial charge in [0.1, 0.15) is 0 Å². The lowest BCUT2D eigenvalue weighted by Gasteiger charge is -2.43. The second-order valence-electron chi connectivity index (χ2n) is 6.38. The standard InChI is InChI=1S/C16H28N6OS/c1-5-13-20-12(11-24-13)10-19-15(18-4)21-6-8-22(9-7-21)16(2,3)14(17)23/h11H,5-10H2,1-4H3,(H2,17,23)(H,18,19). The lowest BCUT2D eigenvalue weighted by molar-refractivity contribution is -0.129. The lowest BCUT2D eigenvalue weighted by atomic mass is 10.0. The van der Waals surface area contributed by atoms with Crippen LogP contribution in [0.15, 0.2) is 10.4 Å². The second-order valence-corrected chi connectivity index (χ2v) is 7.33. The summed E-state index contributed by atoms with van der Waals surface area (Å²) in [6.07, 6.45) is 0.969. The fourth-order valence-corrected chi connectivity index (χ4v) is 3.47. The maximum Gasteiger partial charge on any atom is 0.237 e. The summed E-state index contributed by atoms with van der Waals surface area (Å²) in [5.41, 5.74) is 5.95. The molecule has 0 unspecified atom stereocenters. The Hall–Kier alpha value is -1.67. The smallest absolute Gasteiger partial charge is 0.237 e.